The van der Waals surface area contributed by atoms with Gasteiger partial charge in [0.05, 0.1) is 5.69 Å². The van der Waals surface area contributed by atoms with E-state index >= 15 is 0 Å². The fraction of sp³-hybridized carbons (Fsp3) is 0. The lowest BCUT2D eigenvalue weighted by molar-refractivity contribution is 0.0960. The maximum atomic E-state index is 13.1. The molecule has 2 N–H and O–H groups in total. The lowest BCUT2D eigenvalue weighted by Crippen LogP contribution is -2.10. The number of carbonyl (C=O) groups excluding carboxylic acids is 1. The van der Waals surface area contributed by atoms with Crippen LogP contribution in [0.5, 0.6) is 0 Å². The highest BCUT2D eigenvalue weighted by Crippen LogP contribution is 2.13. The van der Waals surface area contributed by atoms with Gasteiger partial charge in [0, 0.05) is 18.0 Å². The molecule has 0 bridgehead atoms. The molecule has 0 saturated heterocycles. The molecule has 0 aliphatic heterocycles. The van der Waals surface area contributed by atoms with E-state index < -0.39 is 5.82 Å². The van der Waals surface area contributed by atoms with Gasteiger partial charge in [-0.15, -0.1) is 0 Å². The molecule has 0 spiro atoms. The van der Waals surface area contributed by atoms with Crippen LogP contribution >= 0.6 is 0 Å². The first-order chi connectivity index (χ1) is 7.18. The molecule has 0 saturated carbocycles. The van der Waals surface area contributed by atoms with E-state index in [1.807, 2.05) is 0 Å². The molecule has 76 valence electrons. The third-order valence-corrected chi connectivity index (χ3v) is 2.09. The molecule has 0 fully saturated rings. The molecule has 0 aliphatic rings. The highest BCUT2D eigenvalue weighted by molar-refractivity contribution is 5.96. The molecular formula is C11H9FN2O. The van der Waals surface area contributed by atoms with E-state index in [1.54, 1.807) is 24.5 Å². The number of nitrogens with two attached hydrogens (primary N) is 1. The van der Waals surface area contributed by atoms with Gasteiger partial charge in [0.2, 0.25) is 0 Å². The Labute approximate surface area is 85.9 Å². The topological polar surface area (TPSA) is 48.0 Å². The first-order valence-electron chi connectivity index (χ1n) is 4.41. The maximum absolute atomic E-state index is 13.1. The first kappa shape index (κ1) is 9.45. The van der Waals surface area contributed by atoms with Crippen molar-refractivity contribution in [2.24, 2.45) is 0 Å². The van der Waals surface area contributed by atoms with Crippen molar-refractivity contribution in [3.05, 3.63) is 54.1 Å². The van der Waals surface area contributed by atoms with Crippen LogP contribution in [0, 0.1) is 5.82 Å². The van der Waals surface area contributed by atoms with Gasteiger partial charge < -0.3 is 5.73 Å². The second-order valence-electron chi connectivity index (χ2n) is 3.13. The lowest BCUT2D eigenvalue weighted by atomic mass is 10.2. The smallest absolute Gasteiger partial charge is 0.261 e. The SMILES string of the molecule is Nc1ccc(C(=O)n2cccc2)cc1F. The van der Waals surface area contributed by atoms with Crippen molar-refractivity contribution in [2.75, 3.05) is 5.73 Å². The fourth-order valence-corrected chi connectivity index (χ4v) is 1.28. The number of rotatable bonds is 1. The predicted molar refractivity (Wildman–Crippen MR) is 55.0 cm³/mol. The third-order valence-electron chi connectivity index (χ3n) is 2.09. The Balaban J connectivity index is 2.39. The summed E-state index contributed by atoms with van der Waals surface area (Å²) in [5.74, 6) is -0.855. The van der Waals surface area contributed by atoms with Crippen LogP contribution in [0.15, 0.2) is 42.7 Å². The minimum Gasteiger partial charge on any atom is -0.396 e. The number of aromatic nitrogens is 1. The van der Waals surface area contributed by atoms with E-state index in [4.69, 9.17) is 5.73 Å². The average Bonchev–Trinajstić information content (AvgIpc) is 2.74. The molecule has 1 heterocycles. The number of anilines is 1. The normalized spacial score (nSPS) is 10.2. The van der Waals surface area contributed by atoms with E-state index in [-0.39, 0.29) is 17.2 Å². The number of halogens is 1. The molecule has 15 heavy (non-hydrogen) atoms. The van der Waals surface area contributed by atoms with Crippen molar-refractivity contribution in [1.82, 2.24) is 4.57 Å². The Hall–Kier alpha value is -2.10. The van der Waals surface area contributed by atoms with E-state index in [0.717, 1.165) is 6.07 Å². The van der Waals surface area contributed by atoms with Crippen LogP contribution in [0.25, 0.3) is 0 Å². The Morgan fingerprint density at radius 3 is 2.53 bits per heavy atom. The second kappa shape index (κ2) is 3.57. The Morgan fingerprint density at radius 2 is 1.93 bits per heavy atom. The molecule has 1 aromatic heterocycles. The van der Waals surface area contributed by atoms with Crippen molar-refractivity contribution in [3.8, 4) is 0 Å². The third kappa shape index (κ3) is 1.74. The predicted octanol–water partition coefficient (Wildman–Crippen LogP) is 1.90. The number of benzene rings is 1. The van der Waals surface area contributed by atoms with Crippen molar-refractivity contribution in [2.45, 2.75) is 0 Å². The van der Waals surface area contributed by atoms with Crippen LogP contribution < -0.4 is 5.73 Å². The molecule has 2 aromatic rings. The van der Waals surface area contributed by atoms with Gasteiger partial charge in [-0.2, -0.15) is 0 Å². The fourth-order valence-electron chi connectivity index (χ4n) is 1.28. The number of hydrogen-bond donors (Lipinski definition) is 1. The molecule has 3 nitrogen and oxygen atoms in total. The van der Waals surface area contributed by atoms with Crippen molar-refractivity contribution in [1.29, 1.82) is 0 Å². The quantitative estimate of drug-likeness (QED) is 0.721. The zero-order chi connectivity index (χ0) is 10.8. The van der Waals surface area contributed by atoms with Crippen molar-refractivity contribution < 1.29 is 9.18 Å². The van der Waals surface area contributed by atoms with Gasteiger partial charge in [0.25, 0.3) is 5.91 Å². The Kier molecular flexibility index (Phi) is 2.25. The molecule has 4 heteroatoms. The Bertz CT molecular complexity index is 491. The van der Waals surface area contributed by atoms with Gasteiger partial charge in [-0.05, 0) is 30.3 Å². The van der Waals surface area contributed by atoms with Gasteiger partial charge in [-0.1, -0.05) is 0 Å². The van der Waals surface area contributed by atoms with E-state index in [0.29, 0.717) is 0 Å². The van der Waals surface area contributed by atoms with Gasteiger partial charge in [0.15, 0.2) is 0 Å². The summed E-state index contributed by atoms with van der Waals surface area (Å²) in [4.78, 5) is 11.7. The largest absolute Gasteiger partial charge is 0.396 e. The van der Waals surface area contributed by atoms with Crippen LogP contribution in [0.1, 0.15) is 10.4 Å². The molecule has 0 amide bonds. The molecule has 0 radical (unpaired) electrons. The molecular weight excluding hydrogens is 195 g/mol. The number of nitrogen functional groups attached to an aromatic ring is 1. The van der Waals surface area contributed by atoms with Crippen molar-refractivity contribution in [3.63, 3.8) is 0 Å². The molecule has 2 rings (SSSR count). The number of hydrogen-bond acceptors (Lipinski definition) is 2. The van der Waals surface area contributed by atoms with Crippen LogP contribution in [0.3, 0.4) is 0 Å². The standard InChI is InChI=1S/C11H9FN2O/c12-9-7-8(3-4-10(9)13)11(15)14-5-1-2-6-14/h1-7H,13H2. The molecule has 0 unspecified atom stereocenters. The van der Waals surface area contributed by atoms with Crippen LogP contribution in [0.2, 0.25) is 0 Å². The average molecular weight is 204 g/mol. The summed E-state index contributed by atoms with van der Waals surface area (Å²) >= 11 is 0. The van der Waals surface area contributed by atoms with Crippen molar-refractivity contribution >= 4 is 11.6 Å². The van der Waals surface area contributed by atoms with Gasteiger partial charge in [0.1, 0.15) is 5.82 Å². The van der Waals surface area contributed by atoms with Crippen LogP contribution in [-0.2, 0) is 0 Å². The molecule has 1 aromatic carbocycles. The van der Waals surface area contributed by atoms with E-state index in [9.17, 15) is 9.18 Å². The maximum Gasteiger partial charge on any atom is 0.261 e. The zero-order valence-corrected chi connectivity index (χ0v) is 7.85. The van der Waals surface area contributed by atoms with E-state index in [2.05, 4.69) is 0 Å². The summed E-state index contributed by atoms with van der Waals surface area (Å²) in [6.07, 6.45) is 3.22. The summed E-state index contributed by atoms with van der Waals surface area (Å²) in [5, 5.41) is 0. The summed E-state index contributed by atoms with van der Waals surface area (Å²) in [5.41, 5.74) is 5.63. The van der Waals surface area contributed by atoms with Crippen LogP contribution in [0.4, 0.5) is 10.1 Å². The number of carbonyl (C=O) groups is 1. The first-order valence-corrected chi connectivity index (χ1v) is 4.41. The molecule has 0 atom stereocenters. The van der Waals surface area contributed by atoms with E-state index in [1.165, 1.54) is 16.7 Å². The summed E-state index contributed by atoms with van der Waals surface area (Å²) in [6.45, 7) is 0. The second-order valence-corrected chi connectivity index (χ2v) is 3.13. The highest BCUT2D eigenvalue weighted by Gasteiger charge is 2.09. The zero-order valence-electron chi connectivity index (χ0n) is 7.85. The lowest BCUT2D eigenvalue weighted by Gasteiger charge is -2.03. The summed E-state index contributed by atoms with van der Waals surface area (Å²) < 4.78 is 14.5. The van der Waals surface area contributed by atoms with Gasteiger partial charge >= 0.3 is 0 Å². The van der Waals surface area contributed by atoms with Crippen LogP contribution in [-0.4, -0.2) is 10.5 Å². The summed E-state index contributed by atoms with van der Waals surface area (Å²) in [7, 11) is 0. The minimum absolute atomic E-state index is 0.0408. The number of nitrogens with zero attached hydrogens (tertiary/aromatic N) is 1. The van der Waals surface area contributed by atoms with Gasteiger partial charge in [-0.3, -0.25) is 9.36 Å². The highest BCUT2D eigenvalue weighted by atomic mass is 19.1. The summed E-state index contributed by atoms with van der Waals surface area (Å²) in [6, 6.07) is 7.47. The molecule has 0 aliphatic carbocycles. The minimum atomic E-state index is -0.576. The van der Waals surface area contributed by atoms with Gasteiger partial charge in [-0.25, -0.2) is 4.39 Å². The Morgan fingerprint density at radius 1 is 1.27 bits per heavy atom. The monoisotopic (exact) mass is 204 g/mol.